The average Bonchev–Trinajstić information content (AvgIpc) is 2.43. The number of hydrogen-bond donors (Lipinski definition) is 2. The molecule has 0 atom stereocenters. The van der Waals surface area contributed by atoms with E-state index in [4.69, 9.17) is 9.47 Å². The third-order valence-electron chi connectivity index (χ3n) is 2.58. The summed E-state index contributed by atoms with van der Waals surface area (Å²) in [6.07, 6.45) is 0.796. The second-order valence-electron chi connectivity index (χ2n) is 4.28. The molecule has 0 saturated heterocycles. The Hall–Kier alpha value is -1.11. The summed E-state index contributed by atoms with van der Waals surface area (Å²) in [5.41, 5.74) is 1.15. The fourth-order valence-corrected chi connectivity index (χ4v) is 2.15. The van der Waals surface area contributed by atoms with Crippen LogP contribution in [0.15, 0.2) is 22.7 Å². The maximum absolute atomic E-state index is 11.6. The third-order valence-corrected chi connectivity index (χ3v) is 3.20. The van der Waals surface area contributed by atoms with E-state index in [2.05, 4.69) is 26.6 Å². The van der Waals surface area contributed by atoms with E-state index in [9.17, 15) is 4.79 Å². The maximum atomic E-state index is 11.6. The van der Waals surface area contributed by atoms with Crippen LogP contribution in [0.5, 0.6) is 5.75 Å². The van der Waals surface area contributed by atoms with Crippen LogP contribution in [0, 0.1) is 0 Å². The van der Waals surface area contributed by atoms with E-state index < -0.39 is 0 Å². The molecule has 1 aromatic carbocycles. The molecule has 1 rings (SSSR count). The number of hydrogen-bond acceptors (Lipinski definition) is 4. The van der Waals surface area contributed by atoms with E-state index in [1.54, 1.807) is 7.11 Å². The molecular formula is C14H21BrN2O3. The van der Waals surface area contributed by atoms with E-state index in [0.717, 1.165) is 23.0 Å². The van der Waals surface area contributed by atoms with Gasteiger partial charge in [-0.25, -0.2) is 0 Å². The predicted molar refractivity (Wildman–Crippen MR) is 81.9 cm³/mol. The van der Waals surface area contributed by atoms with Crippen LogP contribution in [0.2, 0.25) is 0 Å². The van der Waals surface area contributed by atoms with Crippen LogP contribution in [0.25, 0.3) is 0 Å². The quantitative estimate of drug-likeness (QED) is 0.669. The van der Waals surface area contributed by atoms with Gasteiger partial charge in [-0.15, -0.1) is 0 Å². The number of benzene rings is 1. The van der Waals surface area contributed by atoms with Crippen molar-refractivity contribution in [2.75, 3.05) is 33.9 Å². The number of rotatable bonds is 9. The van der Waals surface area contributed by atoms with Crippen molar-refractivity contribution in [2.45, 2.75) is 13.0 Å². The summed E-state index contributed by atoms with van der Waals surface area (Å²) in [7, 11) is 3.53. The van der Waals surface area contributed by atoms with Crippen molar-refractivity contribution in [3.05, 3.63) is 28.2 Å². The zero-order chi connectivity index (χ0) is 14.8. The average molecular weight is 345 g/mol. The largest absolute Gasteiger partial charge is 0.483 e. The van der Waals surface area contributed by atoms with Crippen molar-refractivity contribution in [1.29, 1.82) is 0 Å². The SMILES string of the molecule is CNCc1ccc(OCC(=O)NCCCOC)c(Br)c1. The molecular weight excluding hydrogens is 324 g/mol. The fourth-order valence-electron chi connectivity index (χ4n) is 1.61. The minimum atomic E-state index is -0.132. The Morgan fingerprint density at radius 3 is 2.85 bits per heavy atom. The summed E-state index contributed by atoms with van der Waals surface area (Å²) < 4.78 is 11.2. The van der Waals surface area contributed by atoms with Gasteiger partial charge in [-0.2, -0.15) is 0 Å². The van der Waals surface area contributed by atoms with Gasteiger partial charge in [0.1, 0.15) is 5.75 Å². The molecule has 0 aliphatic rings. The Balaban J connectivity index is 2.35. The normalized spacial score (nSPS) is 10.3. The molecule has 1 amide bonds. The molecule has 112 valence electrons. The molecule has 5 nitrogen and oxygen atoms in total. The highest BCUT2D eigenvalue weighted by molar-refractivity contribution is 9.10. The zero-order valence-electron chi connectivity index (χ0n) is 11.9. The Bertz CT molecular complexity index is 427. The van der Waals surface area contributed by atoms with Gasteiger partial charge in [-0.05, 0) is 47.1 Å². The highest BCUT2D eigenvalue weighted by atomic mass is 79.9. The van der Waals surface area contributed by atoms with E-state index >= 15 is 0 Å². The molecule has 0 aliphatic carbocycles. The molecule has 6 heteroatoms. The smallest absolute Gasteiger partial charge is 0.257 e. The van der Waals surface area contributed by atoms with Crippen LogP contribution in [0.4, 0.5) is 0 Å². The van der Waals surface area contributed by atoms with Crippen molar-refractivity contribution in [1.82, 2.24) is 10.6 Å². The van der Waals surface area contributed by atoms with Crippen LogP contribution < -0.4 is 15.4 Å². The maximum Gasteiger partial charge on any atom is 0.257 e. The summed E-state index contributed by atoms with van der Waals surface area (Å²) >= 11 is 3.44. The van der Waals surface area contributed by atoms with Crippen molar-refractivity contribution in [3.8, 4) is 5.75 Å². The van der Waals surface area contributed by atoms with Crippen LogP contribution >= 0.6 is 15.9 Å². The van der Waals surface area contributed by atoms with E-state index in [0.29, 0.717) is 18.9 Å². The first-order valence-corrected chi connectivity index (χ1v) is 7.28. The van der Waals surface area contributed by atoms with E-state index in [1.165, 1.54) is 0 Å². The Morgan fingerprint density at radius 2 is 2.20 bits per heavy atom. The number of methoxy groups -OCH3 is 1. The van der Waals surface area contributed by atoms with Crippen LogP contribution in [-0.4, -0.2) is 39.8 Å². The Morgan fingerprint density at radius 1 is 1.40 bits per heavy atom. The summed E-state index contributed by atoms with van der Waals surface area (Å²) in [6.45, 7) is 2.04. The molecule has 0 saturated carbocycles. The number of halogens is 1. The molecule has 0 fully saturated rings. The van der Waals surface area contributed by atoms with Gasteiger partial charge in [0.15, 0.2) is 6.61 Å². The lowest BCUT2D eigenvalue weighted by atomic mass is 10.2. The van der Waals surface area contributed by atoms with Gasteiger partial charge >= 0.3 is 0 Å². The molecule has 2 N–H and O–H groups in total. The molecule has 0 heterocycles. The molecule has 0 bridgehead atoms. The second-order valence-corrected chi connectivity index (χ2v) is 5.13. The summed E-state index contributed by atoms with van der Waals surface area (Å²) in [4.78, 5) is 11.6. The zero-order valence-corrected chi connectivity index (χ0v) is 13.5. The molecule has 0 radical (unpaired) electrons. The van der Waals surface area contributed by atoms with Crippen molar-refractivity contribution < 1.29 is 14.3 Å². The summed E-state index contributed by atoms with van der Waals surface area (Å²) in [5.74, 6) is 0.532. The van der Waals surface area contributed by atoms with Crippen molar-refractivity contribution in [2.24, 2.45) is 0 Å². The lowest BCUT2D eigenvalue weighted by Crippen LogP contribution is -2.30. The number of ether oxygens (including phenoxy) is 2. The molecule has 0 unspecified atom stereocenters. The monoisotopic (exact) mass is 344 g/mol. The molecule has 0 spiro atoms. The van der Waals surface area contributed by atoms with Gasteiger partial charge in [0.05, 0.1) is 4.47 Å². The number of amides is 1. The van der Waals surface area contributed by atoms with Crippen LogP contribution in [0.1, 0.15) is 12.0 Å². The molecule has 20 heavy (non-hydrogen) atoms. The summed E-state index contributed by atoms with van der Waals surface area (Å²) in [5, 5.41) is 5.85. The molecule has 0 aromatic heterocycles. The van der Waals surface area contributed by atoms with Gasteiger partial charge < -0.3 is 20.1 Å². The topological polar surface area (TPSA) is 59.6 Å². The van der Waals surface area contributed by atoms with Crippen LogP contribution in [0.3, 0.4) is 0 Å². The first-order valence-electron chi connectivity index (χ1n) is 6.49. The van der Waals surface area contributed by atoms with Gasteiger partial charge in [0.2, 0.25) is 0 Å². The highest BCUT2D eigenvalue weighted by Gasteiger charge is 2.06. The third kappa shape index (κ3) is 6.36. The number of carbonyl (C=O) groups is 1. The summed E-state index contributed by atoms with van der Waals surface area (Å²) in [6, 6.07) is 5.80. The number of nitrogens with one attached hydrogen (secondary N) is 2. The minimum Gasteiger partial charge on any atom is -0.483 e. The van der Waals surface area contributed by atoms with Gasteiger partial charge in [-0.3, -0.25) is 4.79 Å². The lowest BCUT2D eigenvalue weighted by molar-refractivity contribution is -0.123. The van der Waals surface area contributed by atoms with Crippen molar-refractivity contribution in [3.63, 3.8) is 0 Å². The lowest BCUT2D eigenvalue weighted by Gasteiger charge is -2.10. The van der Waals surface area contributed by atoms with E-state index in [1.807, 2.05) is 25.2 Å². The molecule has 1 aromatic rings. The standard InChI is InChI=1S/C14H21BrN2O3/c1-16-9-11-4-5-13(12(15)8-11)20-10-14(18)17-6-3-7-19-2/h4-5,8,16H,3,6-7,9-10H2,1-2H3,(H,17,18). The highest BCUT2D eigenvalue weighted by Crippen LogP contribution is 2.25. The minimum absolute atomic E-state index is 0.0109. The Kier molecular flexibility index (Phi) is 8.25. The fraction of sp³-hybridized carbons (Fsp3) is 0.500. The number of carbonyl (C=O) groups excluding carboxylic acids is 1. The first-order chi connectivity index (χ1) is 9.67. The second kappa shape index (κ2) is 9.74. The Labute approximate surface area is 128 Å². The van der Waals surface area contributed by atoms with Crippen molar-refractivity contribution >= 4 is 21.8 Å². The predicted octanol–water partition coefficient (Wildman–Crippen LogP) is 1.70. The van der Waals surface area contributed by atoms with E-state index in [-0.39, 0.29) is 12.5 Å². The van der Waals surface area contributed by atoms with Gasteiger partial charge in [-0.1, -0.05) is 6.07 Å². The molecule has 0 aliphatic heterocycles. The first kappa shape index (κ1) is 16.9. The van der Waals surface area contributed by atoms with Crippen LogP contribution in [-0.2, 0) is 16.1 Å². The van der Waals surface area contributed by atoms with Gasteiger partial charge in [0, 0.05) is 26.8 Å². The van der Waals surface area contributed by atoms with Gasteiger partial charge in [0.25, 0.3) is 5.91 Å².